The lowest BCUT2D eigenvalue weighted by molar-refractivity contribution is 0.0193. The summed E-state index contributed by atoms with van der Waals surface area (Å²) in [5.74, 6) is 0. The Bertz CT molecular complexity index is 291. The predicted octanol–water partition coefficient (Wildman–Crippen LogP) is 1.46. The van der Waals surface area contributed by atoms with Crippen LogP contribution < -0.4 is 5.32 Å². The highest BCUT2D eigenvalue weighted by molar-refractivity contribution is 5.68. The normalized spacial score (nSPS) is 21.1. The van der Waals surface area contributed by atoms with E-state index in [-0.39, 0.29) is 12.1 Å². The number of carbonyl (C=O) groups excluding carboxylic acids is 1. The van der Waals surface area contributed by atoms with Crippen molar-refractivity contribution in [3.63, 3.8) is 0 Å². The second kappa shape index (κ2) is 5.06. The van der Waals surface area contributed by atoms with Crippen LogP contribution in [0, 0.1) is 11.5 Å². The van der Waals surface area contributed by atoms with Gasteiger partial charge in [0, 0.05) is 13.1 Å². The summed E-state index contributed by atoms with van der Waals surface area (Å²) in [4.78, 5) is 13.4. The molecule has 0 aromatic rings. The van der Waals surface area contributed by atoms with Crippen LogP contribution in [0.15, 0.2) is 0 Å². The van der Waals surface area contributed by atoms with Crippen LogP contribution in [0.2, 0.25) is 0 Å². The number of likely N-dealkylation sites (tertiary alicyclic amines) is 1. The molecule has 0 radical (unpaired) electrons. The minimum absolute atomic E-state index is 0.0614. The predicted molar refractivity (Wildman–Crippen MR) is 59.6 cm³/mol. The second-order valence-corrected chi connectivity index (χ2v) is 5.02. The van der Waals surface area contributed by atoms with E-state index in [9.17, 15) is 4.79 Å². The number of amides is 1. The molecule has 1 rings (SSSR count). The van der Waals surface area contributed by atoms with Gasteiger partial charge in [-0.25, -0.2) is 4.79 Å². The van der Waals surface area contributed by atoms with Crippen LogP contribution in [0.5, 0.6) is 0 Å². The molecule has 0 spiro atoms. The summed E-state index contributed by atoms with van der Waals surface area (Å²) in [6.45, 7) is 6.79. The Morgan fingerprint density at radius 2 is 2.25 bits per heavy atom. The average Bonchev–Trinajstić information content (AvgIpc) is 2.16. The molecule has 0 aliphatic carbocycles. The van der Waals surface area contributed by atoms with Crippen LogP contribution in [0.25, 0.3) is 0 Å². The summed E-state index contributed by atoms with van der Waals surface area (Å²) in [6.07, 6.45) is 3.45. The van der Waals surface area contributed by atoms with Gasteiger partial charge in [0.2, 0.25) is 0 Å². The molecule has 5 heteroatoms. The van der Waals surface area contributed by atoms with Crippen LogP contribution >= 0.6 is 0 Å². The molecule has 0 saturated carbocycles. The Kier molecular flexibility index (Phi) is 3.99. The molecule has 1 unspecified atom stereocenters. The molecule has 1 fully saturated rings. The summed E-state index contributed by atoms with van der Waals surface area (Å²) in [6, 6.07) is 0.0614. The third-order valence-corrected chi connectivity index (χ3v) is 2.34. The first-order valence-electron chi connectivity index (χ1n) is 5.55. The largest absolute Gasteiger partial charge is 0.444 e. The smallest absolute Gasteiger partial charge is 0.410 e. The number of piperidine rings is 1. The number of nitriles is 1. The lowest BCUT2D eigenvalue weighted by Crippen LogP contribution is -2.48. The van der Waals surface area contributed by atoms with E-state index in [1.165, 1.54) is 0 Å². The van der Waals surface area contributed by atoms with Crippen molar-refractivity contribution in [2.45, 2.75) is 45.3 Å². The molecule has 1 saturated heterocycles. The Labute approximate surface area is 96.4 Å². The number of ether oxygens (including phenoxy) is 1. The maximum atomic E-state index is 11.8. The molecule has 1 amide bonds. The Morgan fingerprint density at radius 1 is 1.56 bits per heavy atom. The average molecular weight is 225 g/mol. The van der Waals surface area contributed by atoms with Crippen molar-refractivity contribution >= 4 is 6.09 Å². The monoisotopic (exact) mass is 225 g/mol. The van der Waals surface area contributed by atoms with Gasteiger partial charge < -0.3 is 15.0 Å². The second-order valence-electron chi connectivity index (χ2n) is 5.02. The van der Waals surface area contributed by atoms with Crippen molar-refractivity contribution in [3.05, 3.63) is 0 Å². The van der Waals surface area contributed by atoms with Crippen molar-refractivity contribution in [1.82, 2.24) is 10.2 Å². The molecule has 16 heavy (non-hydrogen) atoms. The zero-order valence-electron chi connectivity index (χ0n) is 10.1. The lowest BCUT2D eigenvalue weighted by atomic mass is 10.1. The van der Waals surface area contributed by atoms with Gasteiger partial charge >= 0.3 is 6.09 Å². The van der Waals surface area contributed by atoms with E-state index < -0.39 is 5.60 Å². The van der Waals surface area contributed by atoms with Gasteiger partial charge in [0.05, 0.1) is 6.04 Å². The molecule has 1 aliphatic heterocycles. The fourth-order valence-corrected chi connectivity index (χ4v) is 1.68. The summed E-state index contributed by atoms with van der Waals surface area (Å²) >= 11 is 0. The van der Waals surface area contributed by atoms with Gasteiger partial charge in [-0.15, -0.1) is 0 Å². The van der Waals surface area contributed by atoms with E-state index >= 15 is 0 Å². The van der Waals surface area contributed by atoms with Gasteiger partial charge in [-0.3, -0.25) is 0 Å². The number of hydrogen-bond acceptors (Lipinski definition) is 4. The Morgan fingerprint density at radius 3 is 2.81 bits per heavy atom. The van der Waals surface area contributed by atoms with Crippen LogP contribution in [0.3, 0.4) is 0 Å². The highest BCUT2D eigenvalue weighted by Gasteiger charge is 2.27. The molecule has 1 heterocycles. The zero-order valence-corrected chi connectivity index (χ0v) is 10.1. The number of carbonyl (C=O) groups is 1. The molecule has 90 valence electrons. The van der Waals surface area contributed by atoms with E-state index in [0.717, 1.165) is 12.8 Å². The first-order chi connectivity index (χ1) is 7.42. The third kappa shape index (κ3) is 3.97. The highest BCUT2D eigenvalue weighted by Crippen LogP contribution is 2.15. The quantitative estimate of drug-likeness (QED) is 0.542. The first-order valence-corrected chi connectivity index (χ1v) is 5.55. The van der Waals surface area contributed by atoms with E-state index in [2.05, 4.69) is 5.32 Å². The number of nitrogens with one attached hydrogen (secondary N) is 1. The molecular formula is C11H19N3O2. The fourth-order valence-electron chi connectivity index (χ4n) is 1.68. The molecule has 1 atom stereocenters. The maximum absolute atomic E-state index is 11.8. The highest BCUT2D eigenvalue weighted by atomic mass is 16.6. The van der Waals surface area contributed by atoms with Crippen LogP contribution in [0.1, 0.15) is 33.6 Å². The van der Waals surface area contributed by atoms with Gasteiger partial charge in [0.25, 0.3) is 0 Å². The van der Waals surface area contributed by atoms with Crippen LogP contribution in [-0.2, 0) is 4.74 Å². The zero-order chi connectivity index (χ0) is 12.2. The molecule has 0 bridgehead atoms. The number of nitrogens with zero attached hydrogens (tertiary/aromatic N) is 2. The minimum atomic E-state index is -0.466. The summed E-state index contributed by atoms with van der Waals surface area (Å²) in [7, 11) is 0. The molecule has 1 aliphatic rings. The fraction of sp³-hybridized carbons (Fsp3) is 0.818. The number of rotatable bonds is 1. The first kappa shape index (κ1) is 12.6. The SMILES string of the molecule is CC(C)(C)OC(=O)N1CCCC(NC#N)C1. The van der Waals surface area contributed by atoms with E-state index in [1.807, 2.05) is 27.0 Å². The van der Waals surface area contributed by atoms with E-state index in [1.54, 1.807) is 4.90 Å². The standard InChI is InChI=1S/C11H19N3O2/c1-11(2,3)16-10(15)14-6-4-5-9(7-14)13-8-12/h9,13H,4-7H2,1-3H3. The van der Waals surface area contributed by atoms with Crippen LogP contribution in [0.4, 0.5) is 4.79 Å². The summed E-state index contributed by atoms with van der Waals surface area (Å²) in [5, 5.41) is 11.2. The van der Waals surface area contributed by atoms with Crippen molar-refractivity contribution in [1.29, 1.82) is 5.26 Å². The summed E-state index contributed by atoms with van der Waals surface area (Å²) < 4.78 is 5.28. The Hall–Kier alpha value is -1.44. The molecule has 0 aromatic heterocycles. The maximum Gasteiger partial charge on any atom is 0.410 e. The van der Waals surface area contributed by atoms with E-state index in [4.69, 9.17) is 10.00 Å². The van der Waals surface area contributed by atoms with Gasteiger partial charge in [-0.05, 0) is 33.6 Å². The third-order valence-electron chi connectivity index (χ3n) is 2.34. The minimum Gasteiger partial charge on any atom is -0.444 e. The van der Waals surface area contributed by atoms with Crippen molar-refractivity contribution in [3.8, 4) is 6.19 Å². The summed E-state index contributed by atoms with van der Waals surface area (Å²) in [5.41, 5.74) is -0.466. The van der Waals surface area contributed by atoms with Gasteiger partial charge in [-0.1, -0.05) is 0 Å². The molecule has 1 N–H and O–H groups in total. The molecule has 0 aromatic carbocycles. The van der Waals surface area contributed by atoms with Crippen molar-refractivity contribution in [2.24, 2.45) is 0 Å². The van der Waals surface area contributed by atoms with Gasteiger partial charge in [0.1, 0.15) is 5.60 Å². The topological polar surface area (TPSA) is 65.4 Å². The molecule has 5 nitrogen and oxygen atoms in total. The van der Waals surface area contributed by atoms with Crippen molar-refractivity contribution < 1.29 is 9.53 Å². The lowest BCUT2D eigenvalue weighted by Gasteiger charge is -2.33. The Balaban J connectivity index is 2.48. The van der Waals surface area contributed by atoms with Crippen LogP contribution in [-0.4, -0.2) is 35.7 Å². The molecular weight excluding hydrogens is 206 g/mol. The van der Waals surface area contributed by atoms with Crippen molar-refractivity contribution in [2.75, 3.05) is 13.1 Å². The van der Waals surface area contributed by atoms with Gasteiger partial charge in [0.15, 0.2) is 6.19 Å². The number of hydrogen-bond donors (Lipinski definition) is 1. The van der Waals surface area contributed by atoms with Gasteiger partial charge in [-0.2, -0.15) is 5.26 Å². The van der Waals surface area contributed by atoms with E-state index in [0.29, 0.717) is 13.1 Å².